The van der Waals surface area contributed by atoms with Gasteiger partial charge >= 0.3 is 5.97 Å². The standard InChI is InChI=1S/C16H25N3O2/c1-2-3-6-14(16(20)21)17-11-13-7-8-15(18-12-13)19-9-4-5-10-19/h7-8,12,14,17H,2-6,9-11H2,1H3,(H,20,21)/t14-/m0/s1. The van der Waals surface area contributed by atoms with E-state index >= 15 is 0 Å². The van der Waals surface area contributed by atoms with Crippen molar-refractivity contribution >= 4 is 11.8 Å². The van der Waals surface area contributed by atoms with Crippen LogP contribution in [0.1, 0.15) is 44.6 Å². The third-order valence-electron chi connectivity index (χ3n) is 3.94. The quantitative estimate of drug-likeness (QED) is 0.770. The zero-order chi connectivity index (χ0) is 15.1. The zero-order valence-corrected chi connectivity index (χ0v) is 12.7. The van der Waals surface area contributed by atoms with E-state index in [4.69, 9.17) is 0 Å². The molecule has 1 aliphatic rings. The number of carbonyl (C=O) groups is 1. The van der Waals surface area contributed by atoms with E-state index in [1.54, 1.807) is 0 Å². The molecule has 0 spiro atoms. The van der Waals surface area contributed by atoms with Crippen molar-refractivity contribution in [3.8, 4) is 0 Å². The molecule has 116 valence electrons. The fourth-order valence-corrected chi connectivity index (χ4v) is 2.62. The normalized spacial score (nSPS) is 16.1. The van der Waals surface area contributed by atoms with Crippen molar-refractivity contribution in [3.63, 3.8) is 0 Å². The monoisotopic (exact) mass is 291 g/mol. The van der Waals surface area contributed by atoms with Crippen molar-refractivity contribution in [3.05, 3.63) is 23.9 Å². The molecule has 0 bridgehead atoms. The molecule has 0 radical (unpaired) electrons. The zero-order valence-electron chi connectivity index (χ0n) is 12.7. The lowest BCUT2D eigenvalue weighted by Crippen LogP contribution is -2.36. The number of anilines is 1. The number of hydrogen-bond acceptors (Lipinski definition) is 4. The van der Waals surface area contributed by atoms with Crippen LogP contribution in [-0.2, 0) is 11.3 Å². The summed E-state index contributed by atoms with van der Waals surface area (Å²) >= 11 is 0. The summed E-state index contributed by atoms with van der Waals surface area (Å²) in [6.07, 6.45) is 6.93. The minimum absolute atomic E-state index is 0.469. The van der Waals surface area contributed by atoms with E-state index in [-0.39, 0.29) is 0 Å². The summed E-state index contributed by atoms with van der Waals surface area (Å²) < 4.78 is 0. The van der Waals surface area contributed by atoms with Gasteiger partial charge < -0.3 is 15.3 Å². The van der Waals surface area contributed by atoms with Crippen LogP contribution in [0.3, 0.4) is 0 Å². The molecular formula is C16H25N3O2. The minimum Gasteiger partial charge on any atom is -0.480 e. The highest BCUT2D eigenvalue weighted by Crippen LogP contribution is 2.17. The van der Waals surface area contributed by atoms with Crippen LogP contribution in [0.4, 0.5) is 5.82 Å². The van der Waals surface area contributed by atoms with Crippen molar-refractivity contribution in [1.29, 1.82) is 0 Å². The molecule has 1 aliphatic heterocycles. The summed E-state index contributed by atoms with van der Waals surface area (Å²) in [6.45, 7) is 4.79. The van der Waals surface area contributed by atoms with Gasteiger partial charge in [0.25, 0.3) is 0 Å². The Kier molecular flexibility index (Phi) is 5.99. The van der Waals surface area contributed by atoms with Crippen molar-refractivity contribution in [2.45, 2.75) is 51.6 Å². The van der Waals surface area contributed by atoms with Crippen LogP contribution in [0.25, 0.3) is 0 Å². The molecule has 0 aromatic carbocycles. The second kappa shape index (κ2) is 7.98. The number of pyridine rings is 1. The van der Waals surface area contributed by atoms with Gasteiger partial charge in [-0.2, -0.15) is 0 Å². The van der Waals surface area contributed by atoms with Gasteiger partial charge in [-0.05, 0) is 30.9 Å². The highest BCUT2D eigenvalue weighted by Gasteiger charge is 2.16. The Morgan fingerprint density at radius 3 is 2.76 bits per heavy atom. The number of hydrogen-bond donors (Lipinski definition) is 2. The Morgan fingerprint density at radius 2 is 2.19 bits per heavy atom. The molecule has 0 amide bonds. The predicted octanol–water partition coefficient (Wildman–Crippen LogP) is 2.41. The first kappa shape index (κ1) is 15.8. The molecule has 0 aliphatic carbocycles. The second-order valence-corrected chi connectivity index (χ2v) is 5.63. The van der Waals surface area contributed by atoms with E-state index in [0.717, 1.165) is 37.3 Å². The van der Waals surface area contributed by atoms with Crippen LogP contribution in [0.15, 0.2) is 18.3 Å². The van der Waals surface area contributed by atoms with E-state index in [0.29, 0.717) is 13.0 Å². The maximum Gasteiger partial charge on any atom is 0.320 e. The molecule has 1 saturated heterocycles. The first-order valence-corrected chi connectivity index (χ1v) is 7.86. The number of unbranched alkanes of at least 4 members (excludes halogenated alkanes) is 1. The number of nitrogens with zero attached hydrogens (tertiary/aromatic N) is 2. The lowest BCUT2D eigenvalue weighted by Gasteiger charge is -2.17. The molecule has 5 nitrogen and oxygen atoms in total. The van der Waals surface area contributed by atoms with E-state index in [1.807, 2.05) is 18.3 Å². The lowest BCUT2D eigenvalue weighted by atomic mass is 10.1. The van der Waals surface area contributed by atoms with Crippen LogP contribution >= 0.6 is 0 Å². The molecule has 0 unspecified atom stereocenters. The Morgan fingerprint density at radius 1 is 1.43 bits per heavy atom. The van der Waals surface area contributed by atoms with Crippen molar-refractivity contribution < 1.29 is 9.90 Å². The molecule has 5 heteroatoms. The number of aromatic nitrogens is 1. The largest absolute Gasteiger partial charge is 0.480 e. The van der Waals surface area contributed by atoms with Gasteiger partial charge in [0.05, 0.1) is 0 Å². The summed E-state index contributed by atoms with van der Waals surface area (Å²) in [5.74, 6) is 0.252. The average Bonchev–Trinajstić information content (AvgIpc) is 3.02. The fourth-order valence-electron chi connectivity index (χ4n) is 2.62. The third kappa shape index (κ3) is 4.70. The molecule has 0 saturated carbocycles. The van der Waals surface area contributed by atoms with Gasteiger partial charge in [0.15, 0.2) is 0 Å². The van der Waals surface area contributed by atoms with Gasteiger partial charge in [0.1, 0.15) is 11.9 Å². The molecule has 1 aromatic heterocycles. The predicted molar refractivity (Wildman–Crippen MR) is 83.5 cm³/mol. The maximum atomic E-state index is 11.2. The highest BCUT2D eigenvalue weighted by molar-refractivity contribution is 5.73. The fraction of sp³-hybridized carbons (Fsp3) is 0.625. The second-order valence-electron chi connectivity index (χ2n) is 5.63. The number of rotatable bonds is 8. The molecule has 2 heterocycles. The molecule has 2 rings (SSSR count). The SMILES string of the molecule is CCCC[C@H](NCc1ccc(N2CCCC2)nc1)C(=O)O. The summed E-state index contributed by atoms with van der Waals surface area (Å²) in [5.41, 5.74) is 1.03. The van der Waals surface area contributed by atoms with Gasteiger partial charge in [0, 0.05) is 25.8 Å². The van der Waals surface area contributed by atoms with E-state index in [1.165, 1.54) is 12.8 Å². The molecule has 1 atom stereocenters. The maximum absolute atomic E-state index is 11.2. The smallest absolute Gasteiger partial charge is 0.320 e. The highest BCUT2D eigenvalue weighted by atomic mass is 16.4. The van der Waals surface area contributed by atoms with Crippen LogP contribution in [0.5, 0.6) is 0 Å². The van der Waals surface area contributed by atoms with E-state index < -0.39 is 12.0 Å². The van der Waals surface area contributed by atoms with Crippen molar-refractivity contribution in [2.24, 2.45) is 0 Å². The van der Waals surface area contributed by atoms with Gasteiger partial charge in [-0.15, -0.1) is 0 Å². The molecule has 2 N–H and O–H groups in total. The Hall–Kier alpha value is -1.62. The number of nitrogens with one attached hydrogen (secondary N) is 1. The molecule has 21 heavy (non-hydrogen) atoms. The van der Waals surface area contributed by atoms with Crippen molar-refractivity contribution in [2.75, 3.05) is 18.0 Å². The molecule has 1 fully saturated rings. The first-order valence-electron chi connectivity index (χ1n) is 7.86. The Balaban J connectivity index is 1.85. The van der Waals surface area contributed by atoms with Crippen LogP contribution in [0, 0.1) is 0 Å². The van der Waals surface area contributed by atoms with Crippen LogP contribution in [0.2, 0.25) is 0 Å². The summed E-state index contributed by atoms with van der Waals surface area (Å²) in [6, 6.07) is 3.60. The summed E-state index contributed by atoms with van der Waals surface area (Å²) in [7, 11) is 0. The molecular weight excluding hydrogens is 266 g/mol. The van der Waals surface area contributed by atoms with Gasteiger partial charge in [-0.3, -0.25) is 4.79 Å². The summed E-state index contributed by atoms with van der Waals surface area (Å²) in [5, 5.41) is 12.3. The van der Waals surface area contributed by atoms with Gasteiger partial charge in [0.2, 0.25) is 0 Å². The first-order chi connectivity index (χ1) is 10.2. The minimum atomic E-state index is -0.773. The Bertz CT molecular complexity index is 441. The van der Waals surface area contributed by atoms with Crippen LogP contribution in [-0.4, -0.2) is 35.2 Å². The topological polar surface area (TPSA) is 65.5 Å². The van der Waals surface area contributed by atoms with E-state index in [9.17, 15) is 9.90 Å². The summed E-state index contributed by atoms with van der Waals surface area (Å²) in [4.78, 5) is 17.9. The molecule has 1 aromatic rings. The van der Waals surface area contributed by atoms with Gasteiger partial charge in [-0.25, -0.2) is 4.98 Å². The average molecular weight is 291 g/mol. The van der Waals surface area contributed by atoms with Gasteiger partial charge in [-0.1, -0.05) is 25.8 Å². The number of aliphatic carboxylic acids is 1. The number of carboxylic acid groups (broad SMARTS) is 1. The Labute approximate surface area is 126 Å². The third-order valence-corrected chi connectivity index (χ3v) is 3.94. The lowest BCUT2D eigenvalue weighted by molar-refractivity contribution is -0.139. The number of carboxylic acids is 1. The van der Waals surface area contributed by atoms with Crippen molar-refractivity contribution in [1.82, 2.24) is 10.3 Å². The van der Waals surface area contributed by atoms with E-state index in [2.05, 4.69) is 22.1 Å². The van der Waals surface area contributed by atoms with Crippen LogP contribution < -0.4 is 10.2 Å².